The highest BCUT2D eigenvalue weighted by atomic mass is 16.5. The van der Waals surface area contributed by atoms with Crippen LogP contribution in [0.5, 0.6) is 5.75 Å². The van der Waals surface area contributed by atoms with Crippen LogP contribution >= 0.6 is 0 Å². The predicted octanol–water partition coefficient (Wildman–Crippen LogP) is 1.44. The van der Waals surface area contributed by atoms with Crippen LogP contribution < -0.4 is 4.74 Å². The number of aliphatic hydroxyl groups is 1. The van der Waals surface area contributed by atoms with E-state index in [0.29, 0.717) is 5.75 Å². The van der Waals surface area contributed by atoms with E-state index in [1.807, 2.05) is 12.1 Å². The van der Waals surface area contributed by atoms with Crippen LogP contribution in [0.25, 0.3) is 0 Å². The number of rotatable bonds is 3. The lowest BCUT2D eigenvalue weighted by Crippen LogP contribution is -2.01. The number of benzene rings is 1. The molecule has 2 heteroatoms. The molecule has 0 saturated heterocycles. The molecule has 0 atom stereocenters. The Hall–Kier alpha value is -2.78. The fourth-order valence-corrected chi connectivity index (χ4v) is 1.09. The molecule has 2 nitrogen and oxygen atoms in total. The van der Waals surface area contributed by atoms with Crippen molar-refractivity contribution in [2.45, 2.75) is 6.92 Å². The number of aliphatic hydroxyl groups excluding tert-OH is 1. The fraction of sp³-hybridized carbons (Fsp3) is 0.176. The Morgan fingerprint density at radius 3 is 2.21 bits per heavy atom. The lowest BCUT2D eigenvalue weighted by molar-refractivity contribution is 0.201. The molecule has 1 rings (SSSR count). The summed E-state index contributed by atoms with van der Waals surface area (Å²) in [6.45, 7) is 2.01. The van der Waals surface area contributed by atoms with Crippen LogP contribution in [0.1, 0.15) is 12.5 Å². The lowest BCUT2D eigenvalue weighted by Gasteiger charge is -2.02. The maximum absolute atomic E-state index is 8.62. The zero-order chi connectivity index (χ0) is 13.8. The Morgan fingerprint density at radius 2 is 1.58 bits per heavy atom. The Kier molecular flexibility index (Phi) is 6.97. The molecule has 1 aromatic carbocycles. The molecule has 0 fully saturated rings. The van der Waals surface area contributed by atoms with Gasteiger partial charge in [-0.3, -0.25) is 0 Å². The first kappa shape index (κ1) is 14.3. The summed E-state index contributed by atoms with van der Waals surface area (Å²) in [5, 5.41) is 8.62. The summed E-state index contributed by atoms with van der Waals surface area (Å²) in [6, 6.07) is 7.25. The maximum Gasteiger partial charge on any atom is 0.119 e. The molecule has 0 saturated carbocycles. The topological polar surface area (TPSA) is 29.5 Å². The van der Waals surface area contributed by atoms with Gasteiger partial charge in [-0.15, -0.1) is 0 Å². The zero-order valence-corrected chi connectivity index (χ0v) is 10.6. The molecule has 0 spiro atoms. The van der Waals surface area contributed by atoms with Crippen LogP contribution in [-0.4, -0.2) is 18.3 Å². The molecule has 0 heterocycles. The Morgan fingerprint density at radius 1 is 0.947 bits per heavy atom. The highest BCUT2D eigenvalue weighted by molar-refractivity contribution is 5.45. The molecule has 92 valence electrons. The fourth-order valence-electron chi connectivity index (χ4n) is 1.09. The smallest absolute Gasteiger partial charge is 0.119 e. The molecule has 0 aliphatic rings. The van der Waals surface area contributed by atoms with Crippen LogP contribution in [0.15, 0.2) is 24.3 Å². The third kappa shape index (κ3) is 6.51. The summed E-state index contributed by atoms with van der Waals surface area (Å²) >= 11 is 0. The van der Waals surface area contributed by atoms with Gasteiger partial charge in [0.25, 0.3) is 0 Å². The predicted molar refractivity (Wildman–Crippen MR) is 74.9 cm³/mol. The van der Waals surface area contributed by atoms with Gasteiger partial charge in [0.2, 0.25) is 0 Å². The van der Waals surface area contributed by atoms with E-state index < -0.39 is 0 Å². The number of hydrogen-bond donors (Lipinski definition) is 1. The van der Waals surface area contributed by atoms with Gasteiger partial charge in [0.05, 0.1) is 6.61 Å². The highest BCUT2D eigenvalue weighted by Crippen LogP contribution is 2.10. The van der Waals surface area contributed by atoms with Crippen molar-refractivity contribution >= 4 is 0 Å². The van der Waals surface area contributed by atoms with E-state index in [2.05, 4.69) is 47.4 Å². The minimum atomic E-state index is 0.000586. The maximum atomic E-state index is 8.62. The average Bonchev–Trinajstić information content (AvgIpc) is 2.45. The van der Waals surface area contributed by atoms with Crippen LogP contribution in [0.4, 0.5) is 0 Å². The average molecular weight is 248 g/mol. The Balaban J connectivity index is 2.58. The van der Waals surface area contributed by atoms with Crippen molar-refractivity contribution in [1.29, 1.82) is 0 Å². The van der Waals surface area contributed by atoms with E-state index in [1.165, 1.54) is 0 Å². The van der Waals surface area contributed by atoms with Crippen LogP contribution in [0, 0.1) is 47.4 Å². The minimum Gasteiger partial charge on any atom is -0.491 e. The SMILES string of the molecule is CC#CC#CC#CC#Cc1ccc(OCCO)cc1. The Bertz CT molecular complexity index is 639. The Labute approximate surface area is 113 Å². The van der Waals surface area contributed by atoms with Crippen LogP contribution in [0.3, 0.4) is 0 Å². The summed E-state index contributed by atoms with van der Waals surface area (Å²) in [7, 11) is 0. The molecule has 1 aromatic rings. The van der Waals surface area contributed by atoms with E-state index in [0.717, 1.165) is 5.56 Å². The van der Waals surface area contributed by atoms with Gasteiger partial charge >= 0.3 is 0 Å². The van der Waals surface area contributed by atoms with E-state index in [9.17, 15) is 0 Å². The molecule has 0 aliphatic carbocycles. The third-order valence-electron chi connectivity index (χ3n) is 1.86. The first-order valence-electron chi connectivity index (χ1n) is 5.63. The van der Waals surface area contributed by atoms with Crippen molar-refractivity contribution in [3.05, 3.63) is 29.8 Å². The van der Waals surface area contributed by atoms with Crippen molar-refractivity contribution in [2.75, 3.05) is 13.2 Å². The summed E-state index contributed by atoms with van der Waals surface area (Å²) in [5.41, 5.74) is 0.840. The van der Waals surface area contributed by atoms with Gasteiger partial charge < -0.3 is 9.84 Å². The van der Waals surface area contributed by atoms with Gasteiger partial charge in [-0.25, -0.2) is 0 Å². The number of hydrogen-bond acceptors (Lipinski definition) is 2. The third-order valence-corrected chi connectivity index (χ3v) is 1.86. The zero-order valence-electron chi connectivity index (χ0n) is 10.6. The van der Waals surface area contributed by atoms with Gasteiger partial charge in [0.15, 0.2) is 0 Å². The number of ether oxygens (including phenoxy) is 1. The standard InChI is InChI=1S/C17H12O2/c1-2-3-4-5-6-7-8-9-16-10-12-17(13-11-16)19-15-14-18/h10-13,18H,14-15H2,1H3. The van der Waals surface area contributed by atoms with Crippen molar-refractivity contribution in [1.82, 2.24) is 0 Å². The quantitative estimate of drug-likeness (QED) is 0.820. The molecule has 19 heavy (non-hydrogen) atoms. The largest absolute Gasteiger partial charge is 0.491 e. The van der Waals surface area contributed by atoms with Gasteiger partial charge in [0, 0.05) is 5.56 Å². The highest BCUT2D eigenvalue weighted by Gasteiger charge is 1.92. The summed E-state index contributed by atoms with van der Waals surface area (Å²) in [6.07, 6.45) is 0. The van der Waals surface area contributed by atoms with Gasteiger partial charge in [0.1, 0.15) is 12.4 Å². The van der Waals surface area contributed by atoms with E-state index in [4.69, 9.17) is 9.84 Å². The second-order valence-electron chi connectivity index (χ2n) is 3.22. The van der Waals surface area contributed by atoms with Gasteiger partial charge in [-0.05, 0) is 66.7 Å². The van der Waals surface area contributed by atoms with Crippen molar-refractivity contribution < 1.29 is 9.84 Å². The lowest BCUT2D eigenvalue weighted by atomic mass is 10.2. The van der Waals surface area contributed by atoms with Crippen LogP contribution in [0.2, 0.25) is 0 Å². The van der Waals surface area contributed by atoms with Crippen molar-refractivity contribution in [2.24, 2.45) is 0 Å². The van der Waals surface area contributed by atoms with Crippen molar-refractivity contribution in [3.8, 4) is 53.1 Å². The molecule has 0 amide bonds. The second-order valence-corrected chi connectivity index (χ2v) is 3.22. The second kappa shape index (κ2) is 9.27. The molecule has 1 N–H and O–H groups in total. The molecule has 0 unspecified atom stereocenters. The summed E-state index contributed by atoms with van der Waals surface area (Å²) < 4.78 is 5.23. The molecule has 0 aromatic heterocycles. The summed E-state index contributed by atoms with van der Waals surface area (Å²) in [4.78, 5) is 0. The molecular weight excluding hydrogens is 236 g/mol. The van der Waals surface area contributed by atoms with E-state index in [-0.39, 0.29) is 13.2 Å². The minimum absolute atomic E-state index is 0.000586. The monoisotopic (exact) mass is 248 g/mol. The molecule has 0 aliphatic heterocycles. The first-order chi connectivity index (χ1) is 9.36. The van der Waals surface area contributed by atoms with E-state index >= 15 is 0 Å². The van der Waals surface area contributed by atoms with E-state index in [1.54, 1.807) is 19.1 Å². The molecule has 0 bridgehead atoms. The van der Waals surface area contributed by atoms with Gasteiger partial charge in [-0.2, -0.15) is 0 Å². The van der Waals surface area contributed by atoms with Crippen molar-refractivity contribution in [3.63, 3.8) is 0 Å². The molecular formula is C17H12O2. The molecule has 0 radical (unpaired) electrons. The van der Waals surface area contributed by atoms with Crippen LogP contribution in [-0.2, 0) is 0 Å². The summed E-state index contributed by atoms with van der Waals surface area (Å²) in [5.74, 6) is 21.9. The first-order valence-corrected chi connectivity index (χ1v) is 5.63. The normalized spacial score (nSPS) is 7.26. The van der Waals surface area contributed by atoms with Gasteiger partial charge in [-0.1, -0.05) is 11.8 Å².